The molecule has 0 bridgehead atoms. The lowest BCUT2D eigenvalue weighted by Crippen LogP contribution is -2.31. The summed E-state index contributed by atoms with van der Waals surface area (Å²) in [5.41, 5.74) is -0.584. The predicted molar refractivity (Wildman–Crippen MR) is 95.5 cm³/mol. The van der Waals surface area contributed by atoms with Crippen molar-refractivity contribution in [3.63, 3.8) is 0 Å². The van der Waals surface area contributed by atoms with E-state index in [0.29, 0.717) is 42.6 Å². The van der Waals surface area contributed by atoms with Crippen LogP contribution in [0.25, 0.3) is 11.1 Å². The van der Waals surface area contributed by atoms with Crippen molar-refractivity contribution in [2.75, 3.05) is 6.61 Å². The summed E-state index contributed by atoms with van der Waals surface area (Å²) < 4.78 is 75.5. The van der Waals surface area contributed by atoms with Gasteiger partial charge in [0.2, 0.25) is 0 Å². The van der Waals surface area contributed by atoms with Gasteiger partial charge < -0.3 is 4.74 Å². The number of halogens is 5. The topological polar surface area (TPSA) is 9.23 Å². The molecule has 1 unspecified atom stereocenters. The first-order valence-electron chi connectivity index (χ1n) is 9.63. The van der Waals surface area contributed by atoms with Gasteiger partial charge in [0.1, 0.15) is 5.82 Å². The van der Waals surface area contributed by atoms with Crippen molar-refractivity contribution in [2.24, 2.45) is 17.8 Å². The van der Waals surface area contributed by atoms with Gasteiger partial charge in [-0.25, -0.2) is 22.0 Å². The van der Waals surface area contributed by atoms with Crippen molar-refractivity contribution in [3.05, 3.63) is 52.8 Å². The highest BCUT2D eigenvalue weighted by Gasteiger charge is 2.33. The average Bonchev–Trinajstić information content (AvgIpc) is 2.66. The zero-order valence-corrected chi connectivity index (χ0v) is 15.5. The molecule has 150 valence electrons. The minimum absolute atomic E-state index is 0.0815. The molecule has 0 N–H and O–H groups in total. The van der Waals surface area contributed by atoms with Gasteiger partial charge in [-0.15, -0.1) is 0 Å². The highest BCUT2D eigenvalue weighted by Crippen LogP contribution is 2.42. The van der Waals surface area contributed by atoms with Crippen molar-refractivity contribution in [1.82, 2.24) is 0 Å². The van der Waals surface area contributed by atoms with E-state index in [0.717, 1.165) is 25.7 Å². The summed E-state index contributed by atoms with van der Waals surface area (Å²) in [6, 6.07) is 2.34. The molecule has 2 aromatic carbocycles. The minimum Gasteiger partial charge on any atom is -0.490 e. The highest BCUT2D eigenvalue weighted by atomic mass is 19.2. The third kappa shape index (κ3) is 3.38. The van der Waals surface area contributed by atoms with Crippen LogP contribution in [0.2, 0.25) is 0 Å². The van der Waals surface area contributed by atoms with Crippen LogP contribution in [0.4, 0.5) is 22.0 Å². The van der Waals surface area contributed by atoms with E-state index < -0.39 is 40.2 Å². The largest absolute Gasteiger partial charge is 0.490 e. The van der Waals surface area contributed by atoms with Crippen LogP contribution in [0, 0.1) is 46.8 Å². The minimum atomic E-state index is -1.68. The van der Waals surface area contributed by atoms with Crippen molar-refractivity contribution in [1.29, 1.82) is 0 Å². The monoisotopic (exact) mass is 396 g/mol. The summed E-state index contributed by atoms with van der Waals surface area (Å²) in [6.45, 7) is 2.57. The van der Waals surface area contributed by atoms with Gasteiger partial charge in [0.05, 0.1) is 12.2 Å². The molecule has 0 radical (unpaired) electrons. The smallest absolute Gasteiger partial charge is 0.194 e. The number of rotatable bonds is 2. The lowest BCUT2D eigenvalue weighted by Gasteiger charge is -2.35. The van der Waals surface area contributed by atoms with E-state index in [4.69, 9.17) is 4.74 Å². The van der Waals surface area contributed by atoms with Gasteiger partial charge in [-0.05, 0) is 60.8 Å². The van der Waals surface area contributed by atoms with E-state index >= 15 is 0 Å². The molecule has 28 heavy (non-hydrogen) atoms. The molecule has 1 saturated carbocycles. The van der Waals surface area contributed by atoms with Crippen molar-refractivity contribution >= 4 is 0 Å². The van der Waals surface area contributed by atoms with Crippen LogP contribution in [0.1, 0.15) is 38.2 Å². The maximum absolute atomic E-state index is 15.0. The molecule has 1 fully saturated rings. The van der Waals surface area contributed by atoms with E-state index in [1.807, 2.05) is 0 Å². The molecule has 2 aromatic rings. The van der Waals surface area contributed by atoms with Gasteiger partial charge >= 0.3 is 0 Å². The van der Waals surface area contributed by atoms with Gasteiger partial charge in [-0.3, -0.25) is 0 Å². The van der Waals surface area contributed by atoms with Gasteiger partial charge in [-0.1, -0.05) is 19.8 Å². The second-order valence-electron chi connectivity index (χ2n) is 8.08. The number of benzene rings is 2. The Labute approximate surface area is 160 Å². The van der Waals surface area contributed by atoms with Gasteiger partial charge in [0.15, 0.2) is 29.0 Å². The first-order valence-corrected chi connectivity index (χ1v) is 9.63. The second kappa shape index (κ2) is 7.37. The van der Waals surface area contributed by atoms with Crippen LogP contribution in [0.15, 0.2) is 18.2 Å². The van der Waals surface area contributed by atoms with Crippen LogP contribution < -0.4 is 4.74 Å². The molecule has 4 rings (SSSR count). The standard InChI is InChI=1S/C22H21F5O/c1-11-2-4-12(5-3-11)15-6-14-9-16(23)19(21(27)22(14)28-10-15)13-7-17(24)20(26)18(25)8-13/h7-9,11-12,15H,2-6,10H2,1H3. The van der Waals surface area contributed by atoms with Crippen molar-refractivity contribution in [2.45, 2.75) is 39.0 Å². The summed E-state index contributed by atoms with van der Waals surface area (Å²) in [5, 5.41) is 0. The number of hydrogen-bond donors (Lipinski definition) is 0. The van der Waals surface area contributed by atoms with Crippen LogP contribution in [0.3, 0.4) is 0 Å². The molecule has 6 heteroatoms. The molecule has 1 nitrogen and oxygen atoms in total. The number of fused-ring (bicyclic) bond motifs is 1. The maximum Gasteiger partial charge on any atom is 0.194 e. The third-order valence-electron chi connectivity index (χ3n) is 6.17. The van der Waals surface area contributed by atoms with Crippen LogP contribution in [-0.2, 0) is 6.42 Å². The molecule has 1 heterocycles. The van der Waals surface area contributed by atoms with Crippen LogP contribution in [-0.4, -0.2) is 6.61 Å². The Morgan fingerprint density at radius 1 is 0.786 bits per heavy atom. The fraction of sp³-hybridized carbons (Fsp3) is 0.455. The van der Waals surface area contributed by atoms with Gasteiger partial charge in [0.25, 0.3) is 0 Å². The molecular weight excluding hydrogens is 375 g/mol. The summed E-state index contributed by atoms with van der Waals surface area (Å²) in [4.78, 5) is 0. The maximum atomic E-state index is 15.0. The molecule has 0 spiro atoms. The molecule has 0 saturated heterocycles. The fourth-order valence-corrected chi connectivity index (χ4v) is 4.51. The molecule has 1 atom stereocenters. The SMILES string of the molecule is CC1CCC(C2COc3c(cc(F)c(-c4cc(F)c(F)c(F)c4)c3F)C2)CC1. The van der Waals surface area contributed by atoms with Gasteiger partial charge in [-0.2, -0.15) is 0 Å². The van der Waals surface area contributed by atoms with E-state index in [2.05, 4.69) is 6.92 Å². The zero-order valence-electron chi connectivity index (χ0n) is 15.5. The Morgan fingerprint density at radius 3 is 2.07 bits per heavy atom. The molecule has 0 amide bonds. The Morgan fingerprint density at radius 2 is 1.43 bits per heavy atom. The first kappa shape index (κ1) is 19.2. The predicted octanol–water partition coefficient (Wildman–Crippen LogP) is 6.43. The summed E-state index contributed by atoms with van der Waals surface area (Å²) in [5.74, 6) is -5.33. The second-order valence-corrected chi connectivity index (χ2v) is 8.08. The third-order valence-corrected chi connectivity index (χ3v) is 6.17. The molecule has 2 aliphatic rings. The van der Waals surface area contributed by atoms with Crippen LogP contribution in [0.5, 0.6) is 5.75 Å². The number of hydrogen-bond acceptors (Lipinski definition) is 1. The molecule has 1 aliphatic carbocycles. The Balaban J connectivity index is 1.66. The summed E-state index contributed by atoms with van der Waals surface area (Å²) in [6.07, 6.45) is 4.98. The van der Waals surface area contributed by atoms with Crippen molar-refractivity contribution < 1.29 is 26.7 Å². The van der Waals surface area contributed by atoms with E-state index in [-0.39, 0.29) is 11.7 Å². The highest BCUT2D eigenvalue weighted by molar-refractivity contribution is 5.68. The summed E-state index contributed by atoms with van der Waals surface area (Å²) in [7, 11) is 0. The lowest BCUT2D eigenvalue weighted by atomic mass is 9.74. The Kier molecular flexibility index (Phi) is 5.06. The lowest BCUT2D eigenvalue weighted by molar-refractivity contribution is 0.127. The molecule has 1 aliphatic heterocycles. The zero-order chi connectivity index (χ0) is 20.0. The van der Waals surface area contributed by atoms with E-state index in [1.165, 1.54) is 6.07 Å². The number of ether oxygens (including phenoxy) is 1. The molecule has 0 aromatic heterocycles. The first-order chi connectivity index (χ1) is 13.3. The van der Waals surface area contributed by atoms with Gasteiger partial charge in [0, 0.05) is 5.56 Å². The normalized spacial score (nSPS) is 24.6. The van der Waals surface area contributed by atoms with Crippen LogP contribution >= 0.6 is 0 Å². The molecular formula is C22H21F5O. The fourth-order valence-electron chi connectivity index (χ4n) is 4.51. The Hall–Kier alpha value is -2.11. The Bertz CT molecular complexity index is 879. The van der Waals surface area contributed by atoms with E-state index in [1.54, 1.807) is 0 Å². The quantitative estimate of drug-likeness (QED) is 0.420. The summed E-state index contributed by atoms with van der Waals surface area (Å²) >= 11 is 0. The average molecular weight is 396 g/mol. The van der Waals surface area contributed by atoms with Crippen molar-refractivity contribution in [3.8, 4) is 16.9 Å². The van der Waals surface area contributed by atoms with E-state index in [9.17, 15) is 22.0 Å².